The van der Waals surface area contributed by atoms with Crippen LogP contribution in [0.5, 0.6) is 11.5 Å². The fourth-order valence-corrected chi connectivity index (χ4v) is 5.13. The van der Waals surface area contributed by atoms with Gasteiger partial charge in [0.1, 0.15) is 16.5 Å². The van der Waals surface area contributed by atoms with E-state index in [0.717, 1.165) is 29.7 Å². The van der Waals surface area contributed by atoms with Crippen LogP contribution >= 0.6 is 11.3 Å². The van der Waals surface area contributed by atoms with Crippen LogP contribution in [-0.2, 0) is 31.9 Å². The Hall–Kier alpha value is -3.33. The molecular weight excluding hydrogens is 458 g/mol. The van der Waals surface area contributed by atoms with Crippen LogP contribution in [0.4, 0.5) is 5.00 Å². The molecular formula is C25H29NO7S. The maximum atomic E-state index is 12.6. The number of esters is 2. The Bertz CT molecular complexity index is 1090. The number of amides is 1. The van der Waals surface area contributed by atoms with Gasteiger partial charge in [-0.25, -0.2) is 9.59 Å². The molecule has 34 heavy (non-hydrogen) atoms. The quantitative estimate of drug-likeness (QED) is 0.417. The summed E-state index contributed by atoms with van der Waals surface area (Å²) in [6.07, 6.45) is 5.35. The van der Waals surface area contributed by atoms with Crippen LogP contribution in [0.15, 0.2) is 24.3 Å². The molecule has 1 atom stereocenters. The first-order valence-corrected chi connectivity index (χ1v) is 11.9. The third kappa shape index (κ3) is 6.17. The van der Waals surface area contributed by atoms with E-state index in [4.69, 9.17) is 18.9 Å². The van der Waals surface area contributed by atoms with Crippen LogP contribution in [0.25, 0.3) is 6.08 Å². The molecule has 1 N–H and O–H groups in total. The van der Waals surface area contributed by atoms with Gasteiger partial charge in [-0.3, -0.25) is 4.79 Å². The number of carbonyl (C=O) groups excluding carboxylic acids is 3. The van der Waals surface area contributed by atoms with Crippen LogP contribution < -0.4 is 14.8 Å². The molecule has 0 spiro atoms. The summed E-state index contributed by atoms with van der Waals surface area (Å²) >= 11 is 1.39. The molecule has 1 aromatic carbocycles. The Morgan fingerprint density at radius 1 is 1.18 bits per heavy atom. The van der Waals surface area contributed by atoms with Gasteiger partial charge in [-0.1, -0.05) is 6.92 Å². The highest BCUT2D eigenvalue weighted by atomic mass is 32.1. The van der Waals surface area contributed by atoms with Gasteiger partial charge in [0, 0.05) is 22.6 Å². The molecule has 1 amide bonds. The van der Waals surface area contributed by atoms with Crippen molar-refractivity contribution in [2.45, 2.75) is 33.1 Å². The fraction of sp³-hybridized carbons (Fsp3) is 0.400. The Morgan fingerprint density at radius 2 is 1.97 bits per heavy atom. The number of methoxy groups -OCH3 is 2. The molecule has 0 fully saturated rings. The molecule has 2 aromatic rings. The van der Waals surface area contributed by atoms with Crippen molar-refractivity contribution in [1.82, 2.24) is 0 Å². The van der Waals surface area contributed by atoms with Gasteiger partial charge in [0.05, 0.1) is 26.4 Å². The second-order valence-corrected chi connectivity index (χ2v) is 8.98. The van der Waals surface area contributed by atoms with E-state index in [9.17, 15) is 14.4 Å². The van der Waals surface area contributed by atoms with Crippen LogP contribution in [0.3, 0.4) is 0 Å². The topological polar surface area (TPSA) is 100 Å². The number of anilines is 1. The molecule has 1 aliphatic rings. The van der Waals surface area contributed by atoms with Crippen molar-refractivity contribution < 1.29 is 33.3 Å². The number of thiophene rings is 1. The molecule has 0 bridgehead atoms. The number of hydrogen-bond donors (Lipinski definition) is 1. The van der Waals surface area contributed by atoms with Gasteiger partial charge >= 0.3 is 11.9 Å². The van der Waals surface area contributed by atoms with Gasteiger partial charge < -0.3 is 24.3 Å². The number of rotatable bonds is 9. The second kappa shape index (κ2) is 11.7. The lowest BCUT2D eigenvalue weighted by atomic mass is 9.88. The minimum atomic E-state index is -0.682. The number of fused-ring (bicyclic) bond motifs is 1. The average Bonchev–Trinajstić information content (AvgIpc) is 3.18. The van der Waals surface area contributed by atoms with Crippen molar-refractivity contribution in [2.75, 3.05) is 32.8 Å². The third-order valence-corrected chi connectivity index (χ3v) is 6.60. The largest absolute Gasteiger partial charge is 0.497 e. The lowest BCUT2D eigenvalue weighted by Gasteiger charge is -2.18. The van der Waals surface area contributed by atoms with E-state index in [-0.39, 0.29) is 6.61 Å². The number of benzene rings is 1. The van der Waals surface area contributed by atoms with Crippen molar-refractivity contribution in [3.63, 3.8) is 0 Å². The number of nitrogens with one attached hydrogen (secondary N) is 1. The maximum Gasteiger partial charge on any atom is 0.341 e. The zero-order chi connectivity index (χ0) is 24.7. The lowest BCUT2D eigenvalue weighted by molar-refractivity contribution is -0.142. The first-order valence-electron chi connectivity index (χ1n) is 11.0. The molecule has 3 rings (SSSR count). The molecule has 1 unspecified atom stereocenters. The van der Waals surface area contributed by atoms with Gasteiger partial charge in [0.25, 0.3) is 5.91 Å². The van der Waals surface area contributed by atoms with Gasteiger partial charge in [0.15, 0.2) is 6.61 Å². The standard InChI is InChI=1S/C25H29NO7S/c1-5-32-25(29)23-18-10-6-15(2)12-20(18)34-24(23)26-21(27)14-33-22(28)11-8-16-7-9-17(30-3)13-19(16)31-4/h7-9,11,13,15H,5-6,10,12,14H2,1-4H3,(H,26,27)/b11-8+. The molecule has 0 aliphatic heterocycles. The molecule has 9 heteroatoms. The van der Waals surface area contributed by atoms with Crippen LogP contribution in [0, 0.1) is 5.92 Å². The normalized spacial score (nSPS) is 14.9. The maximum absolute atomic E-state index is 12.6. The summed E-state index contributed by atoms with van der Waals surface area (Å²) in [5, 5.41) is 3.17. The zero-order valence-corrected chi connectivity index (χ0v) is 20.6. The number of ether oxygens (including phenoxy) is 4. The van der Waals surface area contributed by atoms with Crippen molar-refractivity contribution >= 4 is 40.3 Å². The van der Waals surface area contributed by atoms with Crippen molar-refractivity contribution in [3.8, 4) is 11.5 Å². The molecule has 182 valence electrons. The highest BCUT2D eigenvalue weighted by Gasteiger charge is 2.29. The molecule has 1 heterocycles. The predicted molar refractivity (Wildman–Crippen MR) is 130 cm³/mol. The minimum Gasteiger partial charge on any atom is -0.497 e. The second-order valence-electron chi connectivity index (χ2n) is 7.87. The predicted octanol–water partition coefficient (Wildman–Crippen LogP) is 4.26. The monoisotopic (exact) mass is 487 g/mol. The van der Waals surface area contributed by atoms with E-state index in [0.29, 0.717) is 33.5 Å². The smallest absolute Gasteiger partial charge is 0.341 e. The van der Waals surface area contributed by atoms with Gasteiger partial charge in [-0.15, -0.1) is 11.3 Å². The SMILES string of the molecule is CCOC(=O)c1c(NC(=O)COC(=O)/C=C/c2ccc(OC)cc2OC)sc2c1CCC(C)C2. The van der Waals surface area contributed by atoms with Gasteiger partial charge in [-0.05, 0) is 55.9 Å². The summed E-state index contributed by atoms with van der Waals surface area (Å²) in [6.45, 7) is 3.67. The summed E-state index contributed by atoms with van der Waals surface area (Å²) in [4.78, 5) is 38.3. The van der Waals surface area contributed by atoms with Crippen molar-refractivity contribution in [2.24, 2.45) is 5.92 Å². The third-order valence-electron chi connectivity index (χ3n) is 5.43. The van der Waals surface area contributed by atoms with Crippen molar-refractivity contribution in [3.05, 3.63) is 45.8 Å². The highest BCUT2D eigenvalue weighted by Crippen LogP contribution is 2.40. The van der Waals surface area contributed by atoms with E-state index >= 15 is 0 Å². The van der Waals surface area contributed by atoms with Crippen LogP contribution in [0.2, 0.25) is 0 Å². The van der Waals surface area contributed by atoms with Crippen LogP contribution in [0.1, 0.15) is 46.6 Å². The Balaban J connectivity index is 1.63. The molecule has 0 saturated carbocycles. The summed E-state index contributed by atoms with van der Waals surface area (Å²) in [7, 11) is 3.07. The highest BCUT2D eigenvalue weighted by molar-refractivity contribution is 7.17. The Morgan fingerprint density at radius 3 is 2.68 bits per heavy atom. The van der Waals surface area contributed by atoms with Gasteiger partial charge in [0.2, 0.25) is 0 Å². The zero-order valence-electron chi connectivity index (χ0n) is 19.8. The Kier molecular flexibility index (Phi) is 8.70. The van der Waals surface area contributed by atoms with E-state index in [1.165, 1.54) is 30.6 Å². The first kappa shape index (κ1) is 25.3. The fourth-order valence-electron chi connectivity index (χ4n) is 3.72. The summed E-state index contributed by atoms with van der Waals surface area (Å²) < 4.78 is 20.7. The van der Waals surface area contributed by atoms with E-state index in [1.807, 2.05) is 0 Å². The molecule has 8 nitrogen and oxygen atoms in total. The van der Waals surface area contributed by atoms with E-state index in [2.05, 4.69) is 12.2 Å². The summed E-state index contributed by atoms with van der Waals surface area (Å²) in [5.74, 6) is 0.0164. The summed E-state index contributed by atoms with van der Waals surface area (Å²) in [6, 6.07) is 5.18. The average molecular weight is 488 g/mol. The van der Waals surface area contributed by atoms with E-state index in [1.54, 1.807) is 32.2 Å². The Labute approximate surface area is 202 Å². The first-order chi connectivity index (χ1) is 16.4. The minimum absolute atomic E-state index is 0.246. The van der Waals surface area contributed by atoms with E-state index < -0.39 is 24.5 Å². The summed E-state index contributed by atoms with van der Waals surface area (Å²) in [5.41, 5.74) is 2.02. The van der Waals surface area contributed by atoms with Crippen LogP contribution in [-0.4, -0.2) is 45.3 Å². The molecule has 1 aromatic heterocycles. The molecule has 0 radical (unpaired) electrons. The van der Waals surface area contributed by atoms with Crippen molar-refractivity contribution in [1.29, 1.82) is 0 Å². The van der Waals surface area contributed by atoms with Gasteiger partial charge in [-0.2, -0.15) is 0 Å². The number of carbonyl (C=O) groups is 3. The molecule has 0 saturated heterocycles. The molecule has 1 aliphatic carbocycles. The number of hydrogen-bond acceptors (Lipinski definition) is 8. The lowest BCUT2D eigenvalue weighted by Crippen LogP contribution is -2.21.